The molecule has 3 rings (SSSR count). The highest BCUT2D eigenvalue weighted by molar-refractivity contribution is 7.80. The molecule has 1 aliphatic heterocycles. The summed E-state index contributed by atoms with van der Waals surface area (Å²) in [6.07, 6.45) is 0. The van der Waals surface area contributed by atoms with Crippen LogP contribution in [0.1, 0.15) is 24.1 Å². The van der Waals surface area contributed by atoms with Gasteiger partial charge in [-0.05, 0) is 55.9 Å². The Morgan fingerprint density at radius 3 is 2.41 bits per heavy atom. The van der Waals surface area contributed by atoms with Crippen molar-refractivity contribution in [2.75, 3.05) is 19.0 Å². The molecule has 0 spiro atoms. The number of carbonyl (C=O) groups is 1. The van der Waals surface area contributed by atoms with E-state index in [1.54, 1.807) is 26.2 Å². The van der Waals surface area contributed by atoms with E-state index in [1.165, 1.54) is 17.0 Å². The van der Waals surface area contributed by atoms with Crippen LogP contribution in [0.2, 0.25) is 0 Å². The summed E-state index contributed by atoms with van der Waals surface area (Å²) >= 11 is 5.60. The van der Waals surface area contributed by atoms with Crippen LogP contribution in [-0.2, 0) is 4.79 Å². The number of rotatable bonds is 3. The van der Waals surface area contributed by atoms with Gasteiger partial charge in [-0.3, -0.25) is 9.69 Å². The Kier molecular flexibility index (Phi) is 5.28. The second kappa shape index (κ2) is 7.48. The van der Waals surface area contributed by atoms with Crippen molar-refractivity contribution in [2.24, 2.45) is 0 Å². The van der Waals surface area contributed by atoms with Crippen LogP contribution < -0.4 is 10.2 Å². The van der Waals surface area contributed by atoms with Crippen molar-refractivity contribution < 1.29 is 9.18 Å². The van der Waals surface area contributed by atoms with Crippen molar-refractivity contribution in [2.45, 2.75) is 19.9 Å². The maximum absolute atomic E-state index is 13.8. The molecular weight excluding hydrogens is 361 g/mol. The lowest BCUT2D eigenvalue weighted by molar-refractivity contribution is -0.125. The number of hydrogen-bond donors (Lipinski definition) is 1. The molecule has 1 N–H and O–H groups in total. The van der Waals surface area contributed by atoms with Crippen LogP contribution in [0.4, 0.5) is 10.1 Å². The quantitative estimate of drug-likeness (QED) is 0.815. The summed E-state index contributed by atoms with van der Waals surface area (Å²) in [7, 11) is 3.41. The van der Waals surface area contributed by atoms with Crippen molar-refractivity contribution in [1.29, 1.82) is 0 Å². The summed E-state index contributed by atoms with van der Waals surface area (Å²) in [6, 6.07) is 13.7. The monoisotopic (exact) mass is 383 g/mol. The molecule has 1 amide bonds. The average Bonchev–Trinajstić information content (AvgIpc) is 2.62. The van der Waals surface area contributed by atoms with E-state index in [1.807, 2.05) is 43.0 Å². The Morgan fingerprint density at radius 2 is 1.81 bits per heavy atom. The van der Waals surface area contributed by atoms with Crippen molar-refractivity contribution in [3.8, 4) is 0 Å². The third-order valence-electron chi connectivity index (χ3n) is 4.60. The number of likely N-dealkylation sites (N-methyl/N-ethyl adjacent to an activating group) is 1. The van der Waals surface area contributed by atoms with Gasteiger partial charge in [0.2, 0.25) is 0 Å². The third kappa shape index (κ3) is 3.71. The van der Waals surface area contributed by atoms with E-state index in [0.717, 1.165) is 16.9 Å². The molecule has 0 radical (unpaired) electrons. The Hall–Kier alpha value is -2.73. The molecule has 6 heteroatoms. The largest absolute Gasteiger partial charge is 0.351 e. The zero-order valence-electron chi connectivity index (χ0n) is 15.8. The summed E-state index contributed by atoms with van der Waals surface area (Å²) in [5.74, 6) is -0.496. The first kappa shape index (κ1) is 19.0. The Balaban J connectivity index is 2.16. The number of nitrogens with zero attached hydrogens (tertiary/aromatic N) is 2. The van der Waals surface area contributed by atoms with Gasteiger partial charge in [0.05, 0.1) is 11.6 Å². The van der Waals surface area contributed by atoms with E-state index in [2.05, 4.69) is 5.32 Å². The van der Waals surface area contributed by atoms with Crippen molar-refractivity contribution in [3.05, 3.63) is 76.7 Å². The number of thiocarbonyl (C=S) groups is 1. The first-order valence-electron chi connectivity index (χ1n) is 8.64. The number of carbonyl (C=O) groups excluding carboxylic acids is 1. The van der Waals surface area contributed by atoms with Crippen molar-refractivity contribution >= 4 is 28.9 Å². The number of allylic oxidation sites excluding steroid dienone is 1. The highest BCUT2D eigenvalue weighted by Gasteiger charge is 2.35. The molecule has 0 saturated heterocycles. The third-order valence-corrected chi connectivity index (χ3v) is 4.90. The van der Waals surface area contributed by atoms with Crippen LogP contribution in [0.3, 0.4) is 0 Å². The number of anilines is 1. The highest BCUT2D eigenvalue weighted by Crippen LogP contribution is 2.34. The Labute approximate surface area is 164 Å². The summed E-state index contributed by atoms with van der Waals surface area (Å²) in [5, 5.41) is 3.70. The molecule has 140 valence electrons. The number of aryl methyl sites for hydroxylation is 1. The summed E-state index contributed by atoms with van der Waals surface area (Å²) in [6.45, 7) is 3.89. The predicted molar refractivity (Wildman–Crippen MR) is 110 cm³/mol. The van der Waals surface area contributed by atoms with Crippen LogP contribution in [-0.4, -0.2) is 30.0 Å². The van der Waals surface area contributed by atoms with Gasteiger partial charge in [0.1, 0.15) is 5.82 Å². The molecule has 1 unspecified atom stereocenters. The molecule has 1 aliphatic rings. The number of amides is 1. The van der Waals surface area contributed by atoms with Gasteiger partial charge < -0.3 is 10.2 Å². The fraction of sp³-hybridized carbons (Fsp3) is 0.238. The normalized spacial score (nSPS) is 17.0. The summed E-state index contributed by atoms with van der Waals surface area (Å²) in [4.78, 5) is 16.3. The average molecular weight is 383 g/mol. The van der Waals surface area contributed by atoms with Gasteiger partial charge >= 0.3 is 0 Å². The molecule has 2 aromatic rings. The van der Waals surface area contributed by atoms with Crippen LogP contribution in [0, 0.1) is 12.7 Å². The van der Waals surface area contributed by atoms with E-state index in [9.17, 15) is 9.18 Å². The lowest BCUT2D eigenvalue weighted by Gasteiger charge is -2.38. The Morgan fingerprint density at radius 1 is 1.15 bits per heavy atom. The SMILES string of the molecule is CC1=C(C(=O)N(C)C)C(c2cccc(F)c2)NC(=S)N1c1ccc(C)cc1. The molecule has 0 aliphatic carbocycles. The minimum Gasteiger partial charge on any atom is -0.351 e. The molecular formula is C21H22FN3OS. The van der Waals surface area contributed by atoms with E-state index in [4.69, 9.17) is 12.2 Å². The molecule has 4 nitrogen and oxygen atoms in total. The van der Waals surface area contributed by atoms with Gasteiger partial charge in [-0.15, -0.1) is 0 Å². The number of benzene rings is 2. The van der Waals surface area contributed by atoms with E-state index in [-0.39, 0.29) is 11.7 Å². The zero-order valence-corrected chi connectivity index (χ0v) is 16.6. The molecule has 1 atom stereocenters. The van der Waals surface area contributed by atoms with E-state index >= 15 is 0 Å². The minimum absolute atomic E-state index is 0.145. The molecule has 27 heavy (non-hydrogen) atoms. The maximum Gasteiger partial charge on any atom is 0.253 e. The molecule has 0 fully saturated rings. The van der Waals surface area contributed by atoms with Gasteiger partial charge in [-0.1, -0.05) is 29.8 Å². The van der Waals surface area contributed by atoms with Gasteiger partial charge in [-0.2, -0.15) is 0 Å². The number of halogens is 1. The van der Waals surface area contributed by atoms with Gasteiger partial charge in [0.15, 0.2) is 5.11 Å². The zero-order chi connectivity index (χ0) is 19.7. The van der Waals surface area contributed by atoms with Gasteiger partial charge in [0, 0.05) is 25.5 Å². The topological polar surface area (TPSA) is 35.6 Å². The summed E-state index contributed by atoms with van der Waals surface area (Å²) in [5.41, 5.74) is 3.94. The number of hydrogen-bond acceptors (Lipinski definition) is 2. The molecule has 1 heterocycles. The fourth-order valence-electron chi connectivity index (χ4n) is 3.20. The van der Waals surface area contributed by atoms with Crippen LogP contribution in [0.5, 0.6) is 0 Å². The predicted octanol–water partition coefficient (Wildman–Crippen LogP) is 3.93. The fourth-order valence-corrected chi connectivity index (χ4v) is 3.56. The first-order chi connectivity index (χ1) is 12.8. The highest BCUT2D eigenvalue weighted by atomic mass is 32.1. The molecule has 0 aromatic heterocycles. The van der Waals surface area contributed by atoms with Gasteiger partial charge in [0.25, 0.3) is 5.91 Å². The van der Waals surface area contributed by atoms with Crippen LogP contribution >= 0.6 is 12.2 Å². The summed E-state index contributed by atoms with van der Waals surface area (Å²) < 4.78 is 13.8. The number of nitrogens with one attached hydrogen (secondary N) is 1. The van der Waals surface area contributed by atoms with Crippen molar-refractivity contribution in [1.82, 2.24) is 10.2 Å². The lowest BCUT2D eigenvalue weighted by Crippen LogP contribution is -2.49. The minimum atomic E-state index is -0.509. The second-order valence-electron chi connectivity index (χ2n) is 6.81. The standard InChI is InChI=1S/C21H22FN3OS/c1-13-8-10-17(11-9-13)25-14(2)18(20(26)24(3)4)19(23-21(25)27)15-6-5-7-16(22)12-15/h5-12,19H,1-4H3,(H,23,27). The maximum atomic E-state index is 13.8. The van der Waals surface area contributed by atoms with Crippen molar-refractivity contribution in [3.63, 3.8) is 0 Å². The first-order valence-corrected chi connectivity index (χ1v) is 9.05. The van der Waals surface area contributed by atoms with Crippen LogP contribution in [0.25, 0.3) is 0 Å². The van der Waals surface area contributed by atoms with E-state index < -0.39 is 6.04 Å². The van der Waals surface area contributed by atoms with E-state index in [0.29, 0.717) is 16.2 Å². The van der Waals surface area contributed by atoms with Crippen LogP contribution in [0.15, 0.2) is 59.8 Å². The van der Waals surface area contributed by atoms with Gasteiger partial charge in [-0.25, -0.2) is 4.39 Å². The second-order valence-corrected chi connectivity index (χ2v) is 7.19. The molecule has 0 bridgehead atoms. The molecule has 2 aromatic carbocycles. The smallest absolute Gasteiger partial charge is 0.253 e. The molecule has 0 saturated carbocycles. The Bertz CT molecular complexity index is 921. The lowest BCUT2D eigenvalue weighted by atomic mass is 9.93.